The van der Waals surface area contributed by atoms with Crippen molar-refractivity contribution in [1.82, 2.24) is 5.32 Å². The number of rotatable bonds is 7. The van der Waals surface area contributed by atoms with E-state index in [-0.39, 0.29) is 0 Å². The lowest BCUT2D eigenvalue weighted by Crippen LogP contribution is -2.13. The molecule has 100 valence electrons. The zero-order chi connectivity index (χ0) is 13.5. The van der Waals surface area contributed by atoms with Crippen LogP contribution < -0.4 is 10.1 Å². The first-order valence-corrected chi connectivity index (χ1v) is 7.24. The van der Waals surface area contributed by atoms with Crippen LogP contribution >= 0.6 is 11.3 Å². The van der Waals surface area contributed by atoms with Gasteiger partial charge in [-0.25, -0.2) is 0 Å². The molecule has 0 bridgehead atoms. The predicted octanol–water partition coefficient (Wildman–Crippen LogP) is 3.91. The highest BCUT2D eigenvalue weighted by Gasteiger charge is 2.03. The van der Waals surface area contributed by atoms with Crippen LogP contribution in [0.25, 0.3) is 0 Å². The highest BCUT2D eigenvalue weighted by molar-refractivity contribution is 7.10. The third-order valence-electron chi connectivity index (χ3n) is 2.90. The van der Waals surface area contributed by atoms with E-state index in [4.69, 9.17) is 4.74 Å². The maximum Gasteiger partial charge on any atom is 0.124 e. The van der Waals surface area contributed by atoms with Crippen LogP contribution in [0.4, 0.5) is 0 Å². The minimum absolute atomic E-state index is 0.543. The van der Waals surface area contributed by atoms with Gasteiger partial charge >= 0.3 is 0 Å². The van der Waals surface area contributed by atoms with Crippen molar-refractivity contribution in [1.29, 1.82) is 0 Å². The number of thiophene rings is 1. The quantitative estimate of drug-likeness (QED) is 0.772. The average molecular weight is 273 g/mol. The third-order valence-corrected chi connectivity index (χ3v) is 3.92. The van der Waals surface area contributed by atoms with E-state index in [2.05, 4.69) is 36.3 Å². The molecule has 0 aliphatic carbocycles. The zero-order valence-corrected chi connectivity index (χ0v) is 12.0. The second kappa shape index (κ2) is 7.12. The Morgan fingerprint density at radius 3 is 2.84 bits per heavy atom. The summed E-state index contributed by atoms with van der Waals surface area (Å²) in [5.41, 5.74) is 2.53. The van der Waals surface area contributed by atoms with E-state index in [0.717, 1.165) is 18.8 Å². The number of hydrogen-bond acceptors (Lipinski definition) is 3. The van der Waals surface area contributed by atoms with Crippen molar-refractivity contribution in [2.75, 3.05) is 6.61 Å². The fourth-order valence-corrected chi connectivity index (χ4v) is 2.71. The molecule has 0 spiro atoms. The van der Waals surface area contributed by atoms with E-state index >= 15 is 0 Å². The molecule has 3 heteroatoms. The van der Waals surface area contributed by atoms with Gasteiger partial charge in [-0.3, -0.25) is 0 Å². The SMILES string of the molecule is C=CCOc1ccccc1CNCc1sccc1C. The van der Waals surface area contributed by atoms with E-state index in [1.54, 1.807) is 17.4 Å². The van der Waals surface area contributed by atoms with Gasteiger partial charge in [0.2, 0.25) is 0 Å². The van der Waals surface area contributed by atoms with Gasteiger partial charge in [0.15, 0.2) is 0 Å². The summed E-state index contributed by atoms with van der Waals surface area (Å²) in [6.45, 7) is 8.07. The molecule has 1 N–H and O–H groups in total. The molecule has 0 fully saturated rings. The lowest BCUT2D eigenvalue weighted by Gasteiger charge is -2.10. The maximum atomic E-state index is 5.64. The van der Waals surface area contributed by atoms with Gasteiger partial charge in [-0.2, -0.15) is 0 Å². The summed E-state index contributed by atoms with van der Waals surface area (Å²) in [7, 11) is 0. The van der Waals surface area contributed by atoms with Crippen molar-refractivity contribution in [2.24, 2.45) is 0 Å². The van der Waals surface area contributed by atoms with Gasteiger partial charge in [-0.05, 0) is 30.0 Å². The molecule has 1 aromatic carbocycles. The van der Waals surface area contributed by atoms with Crippen LogP contribution in [0.15, 0.2) is 48.4 Å². The molecule has 0 saturated heterocycles. The number of benzene rings is 1. The van der Waals surface area contributed by atoms with Gasteiger partial charge in [0, 0.05) is 23.5 Å². The molecule has 0 atom stereocenters. The van der Waals surface area contributed by atoms with Crippen molar-refractivity contribution in [2.45, 2.75) is 20.0 Å². The van der Waals surface area contributed by atoms with Gasteiger partial charge in [-0.1, -0.05) is 30.9 Å². The van der Waals surface area contributed by atoms with E-state index in [1.165, 1.54) is 16.0 Å². The Balaban J connectivity index is 1.92. The van der Waals surface area contributed by atoms with E-state index in [0.29, 0.717) is 6.61 Å². The van der Waals surface area contributed by atoms with Crippen LogP contribution in [0.5, 0.6) is 5.75 Å². The summed E-state index contributed by atoms with van der Waals surface area (Å²) < 4.78 is 5.64. The van der Waals surface area contributed by atoms with Gasteiger partial charge < -0.3 is 10.1 Å². The smallest absolute Gasteiger partial charge is 0.124 e. The summed E-state index contributed by atoms with van der Waals surface area (Å²) in [5, 5.41) is 5.60. The molecule has 0 saturated carbocycles. The normalized spacial score (nSPS) is 10.4. The Bertz CT molecular complexity index is 533. The average Bonchev–Trinajstić information content (AvgIpc) is 2.83. The molecule has 2 rings (SSSR count). The van der Waals surface area contributed by atoms with E-state index in [9.17, 15) is 0 Å². The first-order valence-electron chi connectivity index (χ1n) is 6.36. The summed E-state index contributed by atoms with van der Waals surface area (Å²) in [4.78, 5) is 1.39. The van der Waals surface area contributed by atoms with Crippen LogP contribution in [0.2, 0.25) is 0 Å². The third kappa shape index (κ3) is 3.94. The predicted molar refractivity (Wildman–Crippen MR) is 81.7 cm³/mol. The Morgan fingerprint density at radius 2 is 2.11 bits per heavy atom. The molecule has 0 radical (unpaired) electrons. The molecular formula is C16H19NOS. The second-order valence-corrected chi connectivity index (χ2v) is 5.34. The molecule has 2 nitrogen and oxygen atoms in total. The minimum Gasteiger partial charge on any atom is -0.489 e. The van der Waals surface area contributed by atoms with E-state index in [1.807, 2.05) is 18.2 Å². The number of para-hydroxylation sites is 1. The molecule has 1 heterocycles. The Labute approximate surface area is 118 Å². The van der Waals surface area contributed by atoms with Crippen LogP contribution in [0.3, 0.4) is 0 Å². The molecular weight excluding hydrogens is 254 g/mol. The minimum atomic E-state index is 0.543. The summed E-state index contributed by atoms with van der Waals surface area (Å²) in [6.07, 6.45) is 1.76. The van der Waals surface area contributed by atoms with Gasteiger partial charge in [0.25, 0.3) is 0 Å². The molecule has 1 aromatic heterocycles. The van der Waals surface area contributed by atoms with Crippen LogP contribution in [0.1, 0.15) is 16.0 Å². The molecule has 2 aromatic rings. The largest absolute Gasteiger partial charge is 0.489 e. The fraction of sp³-hybridized carbons (Fsp3) is 0.250. The highest BCUT2D eigenvalue weighted by atomic mass is 32.1. The Kier molecular flexibility index (Phi) is 5.19. The van der Waals surface area contributed by atoms with Gasteiger partial charge in [0.1, 0.15) is 12.4 Å². The fourth-order valence-electron chi connectivity index (χ4n) is 1.84. The number of ether oxygens (including phenoxy) is 1. The van der Waals surface area contributed by atoms with Crippen LogP contribution in [0, 0.1) is 6.92 Å². The molecule has 0 aliphatic rings. The maximum absolute atomic E-state index is 5.64. The highest BCUT2D eigenvalue weighted by Crippen LogP contribution is 2.19. The van der Waals surface area contributed by atoms with Gasteiger partial charge in [0.05, 0.1) is 0 Å². The second-order valence-electron chi connectivity index (χ2n) is 4.34. The lowest BCUT2D eigenvalue weighted by molar-refractivity contribution is 0.358. The van der Waals surface area contributed by atoms with Crippen LogP contribution in [-0.4, -0.2) is 6.61 Å². The molecule has 0 unspecified atom stereocenters. The lowest BCUT2D eigenvalue weighted by atomic mass is 10.2. The van der Waals surface area contributed by atoms with Crippen molar-refractivity contribution >= 4 is 11.3 Å². The summed E-state index contributed by atoms with van der Waals surface area (Å²) in [6, 6.07) is 10.3. The Hall–Kier alpha value is -1.58. The molecule has 0 amide bonds. The van der Waals surface area contributed by atoms with Crippen molar-refractivity contribution in [3.05, 3.63) is 64.4 Å². The summed E-state index contributed by atoms with van der Waals surface area (Å²) >= 11 is 1.80. The van der Waals surface area contributed by atoms with Crippen molar-refractivity contribution in [3.8, 4) is 5.75 Å². The van der Waals surface area contributed by atoms with Crippen LogP contribution in [-0.2, 0) is 13.1 Å². The number of aryl methyl sites for hydroxylation is 1. The topological polar surface area (TPSA) is 21.3 Å². The molecule has 19 heavy (non-hydrogen) atoms. The van der Waals surface area contributed by atoms with Gasteiger partial charge in [-0.15, -0.1) is 11.3 Å². The summed E-state index contributed by atoms with van der Waals surface area (Å²) in [5.74, 6) is 0.929. The monoisotopic (exact) mass is 273 g/mol. The van der Waals surface area contributed by atoms with Crippen molar-refractivity contribution < 1.29 is 4.74 Å². The number of nitrogens with one attached hydrogen (secondary N) is 1. The molecule has 0 aliphatic heterocycles. The number of hydrogen-bond donors (Lipinski definition) is 1. The first-order chi connectivity index (χ1) is 9.31. The van der Waals surface area contributed by atoms with Crippen molar-refractivity contribution in [3.63, 3.8) is 0 Å². The Morgan fingerprint density at radius 1 is 1.26 bits per heavy atom. The first kappa shape index (κ1) is 13.8. The standard InChI is InChI=1S/C16H19NOS/c1-3-9-18-15-7-5-4-6-14(15)11-17-12-16-13(2)8-10-19-16/h3-8,10,17H,1,9,11-12H2,2H3. The zero-order valence-electron chi connectivity index (χ0n) is 11.2. The van der Waals surface area contributed by atoms with E-state index < -0.39 is 0 Å².